The highest BCUT2D eigenvalue weighted by Crippen LogP contribution is 2.36. The maximum atomic E-state index is 5.26. The molecule has 6 heteroatoms. The molecule has 0 aliphatic carbocycles. The van der Waals surface area contributed by atoms with Gasteiger partial charge in [-0.3, -0.25) is 0 Å². The van der Waals surface area contributed by atoms with Crippen molar-refractivity contribution in [3.63, 3.8) is 0 Å². The fourth-order valence-electron chi connectivity index (χ4n) is 3.33. The number of fused-ring (bicyclic) bond motifs is 1. The van der Waals surface area contributed by atoms with Gasteiger partial charge in [0.05, 0.1) is 12.5 Å². The van der Waals surface area contributed by atoms with Crippen LogP contribution in [-0.2, 0) is 0 Å². The summed E-state index contributed by atoms with van der Waals surface area (Å²) >= 11 is 1.66. The van der Waals surface area contributed by atoms with Crippen molar-refractivity contribution in [1.29, 1.82) is 0 Å². The topological polar surface area (TPSA) is 50.3 Å². The van der Waals surface area contributed by atoms with Gasteiger partial charge in [-0.1, -0.05) is 12.1 Å². The van der Waals surface area contributed by atoms with E-state index in [0.29, 0.717) is 0 Å². The molecule has 1 fully saturated rings. The van der Waals surface area contributed by atoms with Crippen LogP contribution in [0.2, 0.25) is 0 Å². The van der Waals surface area contributed by atoms with Gasteiger partial charge in [0, 0.05) is 24.0 Å². The van der Waals surface area contributed by atoms with Crippen molar-refractivity contribution in [3.8, 4) is 16.9 Å². The number of hydrogen-bond acceptors (Lipinski definition) is 6. The van der Waals surface area contributed by atoms with Crippen molar-refractivity contribution >= 4 is 27.4 Å². The second-order valence-electron chi connectivity index (χ2n) is 6.26. The smallest absolute Gasteiger partial charge is 0.138 e. The number of rotatable bonds is 6. The molecule has 1 N–H and O–H groups in total. The van der Waals surface area contributed by atoms with Crippen molar-refractivity contribution in [2.75, 3.05) is 38.6 Å². The third kappa shape index (κ3) is 3.45. The summed E-state index contributed by atoms with van der Waals surface area (Å²) in [7, 11) is 1.69. The lowest BCUT2D eigenvalue weighted by Crippen LogP contribution is -2.26. The molecule has 0 unspecified atom stereocenters. The first-order chi connectivity index (χ1) is 12.3. The quantitative estimate of drug-likeness (QED) is 0.728. The molecule has 1 aliphatic heterocycles. The zero-order valence-corrected chi connectivity index (χ0v) is 15.2. The third-order valence-corrected chi connectivity index (χ3v) is 5.58. The molecule has 0 amide bonds. The maximum Gasteiger partial charge on any atom is 0.138 e. The standard InChI is InChI=1S/C19H22N4OS/c1-24-15-6-4-14(5-7-15)16-12-25-19-17(16)18(21-13-22-19)20-8-11-23-9-2-3-10-23/h4-7,12-13H,2-3,8-11H2,1H3,(H,20,21,22). The summed E-state index contributed by atoms with van der Waals surface area (Å²) in [5.41, 5.74) is 2.33. The van der Waals surface area contributed by atoms with Crippen molar-refractivity contribution in [2.45, 2.75) is 12.8 Å². The molecule has 0 saturated carbocycles. The Morgan fingerprint density at radius 3 is 2.72 bits per heavy atom. The summed E-state index contributed by atoms with van der Waals surface area (Å²) in [5, 5.41) is 6.79. The van der Waals surface area contributed by atoms with Crippen LogP contribution in [0.15, 0.2) is 36.0 Å². The van der Waals surface area contributed by atoms with Gasteiger partial charge in [0.15, 0.2) is 0 Å². The average molecular weight is 354 g/mol. The molecule has 1 aliphatic rings. The number of anilines is 1. The number of nitrogens with one attached hydrogen (secondary N) is 1. The molecule has 3 aromatic rings. The second kappa shape index (κ2) is 7.37. The summed E-state index contributed by atoms with van der Waals surface area (Å²) < 4.78 is 5.26. The van der Waals surface area contributed by atoms with Gasteiger partial charge in [-0.15, -0.1) is 11.3 Å². The van der Waals surface area contributed by atoms with Crippen LogP contribution in [0.4, 0.5) is 5.82 Å². The molecule has 4 rings (SSSR count). The van der Waals surface area contributed by atoms with E-state index >= 15 is 0 Å². The van der Waals surface area contributed by atoms with E-state index in [4.69, 9.17) is 4.74 Å². The average Bonchev–Trinajstić information content (AvgIpc) is 3.32. The molecule has 130 valence electrons. The van der Waals surface area contributed by atoms with E-state index in [9.17, 15) is 0 Å². The minimum absolute atomic E-state index is 0.864. The van der Waals surface area contributed by atoms with Gasteiger partial charge in [-0.05, 0) is 43.6 Å². The Hall–Kier alpha value is -2.18. The first-order valence-electron chi connectivity index (χ1n) is 8.68. The van der Waals surface area contributed by atoms with Crippen molar-refractivity contribution < 1.29 is 4.74 Å². The Morgan fingerprint density at radius 2 is 1.96 bits per heavy atom. The van der Waals surface area contributed by atoms with Crippen LogP contribution >= 0.6 is 11.3 Å². The Kier molecular flexibility index (Phi) is 4.81. The lowest BCUT2D eigenvalue weighted by atomic mass is 10.1. The summed E-state index contributed by atoms with van der Waals surface area (Å²) in [5.74, 6) is 1.79. The number of methoxy groups -OCH3 is 1. The minimum atomic E-state index is 0.864. The Morgan fingerprint density at radius 1 is 1.16 bits per heavy atom. The number of nitrogens with zero attached hydrogens (tertiary/aromatic N) is 3. The predicted octanol–water partition coefficient (Wildman–Crippen LogP) is 3.87. The van der Waals surface area contributed by atoms with E-state index in [1.54, 1.807) is 24.8 Å². The number of likely N-dealkylation sites (tertiary alicyclic amines) is 1. The molecule has 0 atom stereocenters. The molecule has 3 heterocycles. The zero-order valence-electron chi connectivity index (χ0n) is 14.4. The van der Waals surface area contributed by atoms with Crippen molar-refractivity contribution in [3.05, 3.63) is 36.0 Å². The van der Waals surface area contributed by atoms with Crippen LogP contribution in [0.1, 0.15) is 12.8 Å². The molecular weight excluding hydrogens is 332 g/mol. The number of hydrogen-bond donors (Lipinski definition) is 1. The second-order valence-corrected chi connectivity index (χ2v) is 7.11. The summed E-state index contributed by atoms with van der Waals surface area (Å²) in [6.45, 7) is 4.41. The monoisotopic (exact) mass is 354 g/mol. The highest BCUT2D eigenvalue weighted by atomic mass is 32.1. The Balaban J connectivity index is 1.59. The first kappa shape index (κ1) is 16.3. The summed E-state index contributed by atoms with van der Waals surface area (Å²) in [6, 6.07) is 8.15. The van der Waals surface area contributed by atoms with Gasteiger partial charge < -0.3 is 15.0 Å². The van der Waals surface area contributed by atoms with Crippen LogP contribution in [0.25, 0.3) is 21.3 Å². The van der Waals surface area contributed by atoms with E-state index in [1.807, 2.05) is 12.1 Å². The predicted molar refractivity (Wildman–Crippen MR) is 104 cm³/mol. The molecule has 1 saturated heterocycles. The van der Waals surface area contributed by atoms with Crippen LogP contribution in [0.5, 0.6) is 5.75 Å². The van der Waals surface area contributed by atoms with Crippen molar-refractivity contribution in [1.82, 2.24) is 14.9 Å². The van der Waals surface area contributed by atoms with E-state index in [1.165, 1.54) is 31.5 Å². The van der Waals surface area contributed by atoms with Gasteiger partial charge in [-0.2, -0.15) is 0 Å². The number of benzene rings is 1. The Labute approximate surface area is 151 Å². The molecule has 0 spiro atoms. The van der Waals surface area contributed by atoms with Gasteiger partial charge in [0.25, 0.3) is 0 Å². The van der Waals surface area contributed by atoms with E-state index in [-0.39, 0.29) is 0 Å². The molecule has 0 bridgehead atoms. The van der Waals surface area contributed by atoms with Crippen LogP contribution in [0.3, 0.4) is 0 Å². The number of aromatic nitrogens is 2. The summed E-state index contributed by atoms with van der Waals surface area (Å²) in [4.78, 5) is 12.5. The third-order valence-electron chi connectivity index (χ3n) is 4.69. The largest absolute Gasteiger partial charge is 0.497 e. The fourth-order valence-corrected chi connectivity index (χ4v) is 4.25. The highest BCUT2D eigenvalue weighted by Gasteiger charge is 2.14. The van der Waals surface area contributed by atoms with Crippen LogP contribution in [-0.4, -0.2) is 48.2 Å². The van der Waals surface area contributed by atoms with Gasteiger partial charge in [-0.25, -0.2) is 9.97 Å². The normalized spacial score (nSPS) is 14.9. The van der Waals surface area contributed by atoms with Crippen molar-refractivity contribution in [2.24, 2.45) is 0 Å². The molecule has 2 aromatic heterocycles. The maximum absolute atomic E-state index is 5.26. The fraction of sp³-hybridized carbons (Fsp3) is 0.368. The number of thiophene rings is 1. The van der Waals surface area contributed by atoms with E-state index in [2.05, 4.69) is 37.7 Å². The molecule has 5 nitrogen and oxygen atoms in total. The molecule has 0 radical (unpaired) electrons. The van der Waals surface area contributed by atoms with E-state index in [0.717, 1.165) is 40.4 Å². The highest BCUT2D eigenvalue weighted by molar-refractivity contribution is 7.17. The minimum Gasteiger partial charge on any atom is -0.497 e. The lowest BCUT2D eigenvalue weighted by molar-refractivity contribution is 0.352. The summed E-state index contributed by atoms with van der Waals surface area (Å²) in [6.07, 6.45) is 4.29. The Bertz CT molecular complexity index is 840. The van der Waals surface area contributed by atoms with Gasteiger partial charge in [0.1, 0.15) is 22.7 Å². The molecule has 1 aromatic carbocycles. The van der Waals surface area contributed by atoms with E-state index < -0.39 is 0 Å². The lowest BCUT2D eigenvalue weighted by Gasteiger charge is -2.15. The van der Waals surface area contributed by atoms with Crippen LogP contribution in [0, 0.1) is 0 Å². The zero-order chi connectivity index (χ0) is 17.1. The van der Waals surface area contributed by atoms with Gasteiger partial charge >= 0.3 is 0 Å². The number of ether oxygens (including phenoxy) is 1. The first-order valence-corrected chi connectivity index (χ1v) is 9.56. The molecule has 25 heavy (non-hydrogen) atoms. The SMILES string of the molecule is COc1ccc(-c2csc3ncnc(NCCN4CCCC4)c23)cc1. The molecular formula is C19H22N4OS. The van der Waals surface area contributed by atoms with Gasteiger partial charge in [0.2, 0.25) is 0 Å². The van der Waals surface area contributed by atoms with Crippen LogP contribution < -0.4 is 10.1 Å².